The number of nitrogens with zero attached hydrogens (tertiary/aromatic N) is 2. The molecule has 0 spiro atoms. The molecule has 0 atom stereocenters. The van der Waals surface area contributed by atoms with Crippen molar-refractivity contribution < 1.29 is 23.5 Å². The molecule has 0 aliphatic carbocycles. The molecule has 0 aliphatic rings. The number of esters is 1. The van der Waals surface area contributed by atoms with Gasteiger partial charge in [-0.15, -0.1) is 0 Å². The summed E-state index contributed by atoms with van der Waals surface area (Å²) in [4.78, 5) is 16.0. The van der Waals surface area contributed by atoms with Crippen molar-refractivity contribution in [3.63, 3.8) is 0 Å². The van der Waals surface area contributed by atoms with E-state index in [1.165, 1.54) is 0 Å². The molecule has 3 aromatic rings. The van der Waals surface area contributed by atoms with Crippen molar-refractivity contribution in [3.05, 3.63) is 59.4 Å². The van der Waals surface area contributed by atoms with Gasteiger partial charge >= 0.3 is 5.97 Å². The van der Waals surface area contributed by atoms with Crippen LogP contribution >= 0.6 is 11.6 Å². The second kappa shape index (κ2) is 9.05. The van der Waals surface area contributed by atoms with Gasteiger partial charge in [-0.1, -0.05) is 28.9 Å². The van der Waals surface area contributed by atoms with Crippen molar-refractivity contribution >= 4 is 17.6 Å². The van der Waals surface area contributed by atoms with Gasteiger partial charge in [0.25, 0.3) is 5.89 Å². The summed E-state index contributed by atoms with van der Waals surface area (Å²) < 4.78 is 20.8. The highest BCUT2D eigenvalue weighted by molar-refractivity contribution is 6.33. The first-order valence-electron chi connectivity index (χ1n) is 8.24. The van der Waals surface area contributed by atoms with Gasteiger partial charge in [0.1, 0.15) is 11.5 Å². The predicted octanol–water partition coefficient (Wildman–Crippen LogP) is 3.91. The van der Waals surface area contributed by atoms with Gasteiger partial charge in [0.05, 0.1) is 11.6 Å². The lowest BCUT2D eigenvalue weighted by molar-refractivity contribution is -0.148. The zero-order valence-electron chi connectivity index (χ0n) is 14.6. The molecule has 0 saturated carbocycles. The maximum atomic E-state index is 11.8. The molecule has 0 bridgehead atoms. The summed E-state index contributed by atoms with van der Waals surface area (Å²) in [5.41, 5.74) is 0.638. The Hall–Kier alpha value is -3.06. The first-order chi connectivity index (χ1) is 13.2. The van der Waals surface area contributed by atoms with Gasteiger partial charge in [-0.05, 0) is 43.3 Å². The van der Waals surface area contributed by atoms with Crippen molar-refractivity contribution in [1.82, 2.24) is 10.1 Å². The van der Waals surface area contributed by atoms with Crippen LogP contribution in [0, 0.1) is 0 Å². The fraction of sp³-hybridized carbons (Fsp3) is 0.211. The van der Waals surface area contributed by atoms with Crippen LogP contribution in [0.25, 0.3) is 11.4 Å². The number of halogens is 1. The molecule has 1 aromatic heterocycles. The van der Waals surface area contributed by atoms with Crippen LogP contribution in [0.1, 0.15) is 12.8 Å². The molecule has 0 amide bonds. The highest BCUT2D eigenvalue weighted by Gasteiger charge is 2.13. The summed E-state index contributed by atoms with van der Waals surface area (Å²) in [6, 6.07) is 14.1. The fourth-order valence-electron chi connectivity index (χ4n) is 2.19. The summed E-state index contributed by atoms with van der Waals surface area (Å²) in [5.74, 6) is 1.21. The number of hydrogen-bond acceptors (Lipinski definition) is 7. The highest BCUT2D eigenvalue weighted by Crippen LogP contribution is 2.25. The first-order valence-corrected chi connectivity index (χ1v) is 8.62. The van der Waals surface area contributed by atoms with Gasteiger partial charge in [-0.25, -0.2) is 4.79 Å². The largest absolute Gasteiger partial charge is 0.494 e. The van der Waals surface area contributed by atoms with Gasteiger partial charge in [0, 0.05) is 5.56 Å². The van der Waals surface area contributed by atoms with Crippen LogP contribution in [0.5, 0.6) is 11.5 Å². The molecule has 0 radical (unpaired) electrons. The molecule has 0 fully saturated rings. The minimum absolute atomic E-state index is 0.150. The third-order valence-corrected chi connectivity index (χ3v) is 3.76. The van der Waals surface area contributed by atoms with E-state index < -0.39 is 5.97 Å². The van der Waals surface area contributed by atoms with Crippen molar-refractivity contribution in [2.24, 2.45) is 0 Å². The number of hydrogen-bond donors (Lipinski definition) is 0. The van der Waals surface area contributed by atoms with E-state index in [1.807, 2.05) is 13.0 Å². The van der Waals surface area contributed by atoms with E-state index in [2.05, 4.69) is 10.1 Å². The molecule has 7 nitrogen and oxygen atoms in total. The zero-order valence-corrected chi connectivity index (χ0v) is 15.3. The Morgan fingerprint density at radius 3 is 2.48 bits per heavy atom. The molecule has 1 heterocycles. The number of carbonyl (C=O) groups is 1. The molecule has 140 valence electrons. The Balaban J connectivity index is 1.47. The summed E-state index contributed by atoms with van der Waals surface area (Å²) in [5, 5.41) is 4.34. The molecule has 0 N–H and O–H groups in total. The van der Waals surface area contributed by atoms with Gasteiger partial charge in [0.15, 0.2) is 13.2 Å². The van der Waals surface area contributed by atoms with E-state index in [-0.39, 0.29) is 19.1 Å². The fourth-order valence-corrected chi connectivity index (χ4v) is 2.41. The molecule has 0 aliphatic heterocycles. The van der Waals surface area contributed by atoms with E-state index in [1.54, 1.807) is 42.5 Å². The van der Waals surface area contributed by atoms with Crippen LogP contribution in [0.2, 0.25) is 5.02 Å². The van der Waals surface area contributed by atoms with Gasteiger partial charge in [-0.3, -0.25) is 0 Å². The molecule has 8 heteroatoms. The minimum atomic E-state index is -0.554. The SMILES string of the molecule is CCOc1ccc(OCC(=O)OCc2nc(-c3ccccc3Cl)no2)cc1. The summed E-state index contributed by atoms with van der Waals surface area (Å²) in [6.45, 7) is 2.10. The average molecular weight is 389 g/mol. The van der Waals surface area contributed by atoms with Gasteiger partial charge < -0.3 is 18.7 Å². The number of ether oxygens (including phenoxy) is 3. The first kappa shape index (κ1) is 18.7. The zero-order chi connectivity index (χ0) is 19.1. The van der Waals surface area contributed by atoms with Crippen LogP contribution < -0.4 is 9.47 Å². The van der Waals surface area contributed by atoms with E-state index in [4.69, 9.17) is 30.3 Å². The molecule has 0 unspecified atom stereocenters. The van der Waals surface area contributed by atoms with Crippen LogP contribution in [-0.4, -0.2) is 29.3 Å². The lowest BCUT2D eigenvalue weighted by atomic mass is 10.2. The van der Waals surface area contributed by atoms with E-state index in [9.17, 15) is 4.79 Å². The third-order valence-electron chi connectivity index (χ3n) is 3.43. The van der Waals surface area contributed by atoms with Crippen LogP contribution in [0.4, 0.5) is 0 Å². The normalized spacial score (nSPS) is 10.4. The maximum Gasteiger partial charge on any atom is 0.344 e. The van der Waals surface area contributed by atoms with Crippen LogP contribution in [0.3, 0.4) is 0 Å². The molecule has 2 aromatic carbocycles. The second-order valence-electron chi connectivity index (χ2n) is 5.35. The monoisotopic (exact) mass is 388 g/mol. The third kappa shape index (κ3) is 5.21. The van der Waals surface area contributed by atoms with Crippen molar-refractivity contribution in [2.75, 3.05) is 13.2 Å². The predicted molar refractivity (Wildman–Crippen MR) is 97.6 cm³/mol. The lowest BCUT2D eigenvalue weighted by Crippen LogP contribution is -2.14. The lowest BCUT2D eigenvalue weighted by Gasteiger charge is -2.07. The van der Waals surface area contributed by atoms with Crippen molar-refractivity contribution in [2.45, 2.75) is 13.5 Å². The highest BCUT2D eigenvalue weighted by atomic mass is 35.5. The topological polar surface area (TPSA) is 83.7 Å². The molecule has 27 heavy (non-hydrogen) atoms. The average Bonchev–Trinajstić information content (AvgIpc) is 3.15. The number of aromatic nitrogens is 2. The molecule has 3 rings (SSSR count). The van der Waals surface area contributed by atoms with E-state index in [0.717, 1.165) is 5.75 Å². The summed E-state index contributed by atoms with van der Waals surface area (Å²) in [6.07, 6.45) is 0. The Kier molecular flexibility index (Phi) is 6.27. The van der Waals surface area contributed by atoms with Crippen LogP contribution in [-0.2, 0) is 16.1 Å². The number of carbonyl (C=O) groups excluding carboxylic acids is 1. The maximum absolute atomic E-state index is 11.8. The molecular weight excluding hydrogens is 372 g/mol. The molecular formula is C19H17ClN2O5. The summed E-state index contributed by atoms with van der Waals surface area (Å²) >= 11 is 6.09. The quantitative estimate of drug-likeness (QED) is 0.541. The number of benzene rings is 2. The minimum Gasteiger partial charge on any atom is -0.494 e. The second-order valence-corrected chi connectivity index (χ2v) is 5.75. The van der Waals surface area contributed by atoms with E-state index >= 15 is 0 Å². The standard InChI is InChI=1S/C19H17ClN2O5/c1-2-24-13-7-9-14(10-8-13)25-12-18(23)26-11-17-21-19(22-27-17)15-5-3-4-6-16(15)20/h3-10H,2,11-12H2,1H3. The van der Waals surface area contributed by atoms with Gasteiger partial charge in [-0.2, -0.15) is 4.98 Å². The van der Waals surface area contributed by atoms with Crippen LogP contribution in [0.15, 0.2) is 53.1 Å². The Morgan fingerprint density at radius 2 is 1.78 bits per heavy atom. The molecule has 0 saturated heterocycles. The van der Waals surface area contributed by atoms with Crippen molar-refractivity contribution in [3.8, 4) is 22.9 Å². The Morgan fingerprint density at radius 1 is 1.07 bits per heavy atom. The van der Waals surface area contributed by atoms with Gasteiger partial charge in [0.2, 0.25) is 5.82 Å². The number of rotatable bonds is 8. The Bertz CT molecular complexity index is 895. The summed E-state index contributed by atoms with van der Waals surface area (Å²) in [7, 11) is 0. The smallest absolute Gasteiger partial charge is 0.344 e. The van der Waals surface area contributed by atoms with Crippen molar-refractivity contribution in [1.29, 1.82) is 0 Å². The Labute approximate surface area is 160 Å². The van der Waals surface area contributed by atoms with E-state index in [0.29, 0.717) is 28.8 Å².